The Labute approximate surface area is 165 Å². The molecule has 0 rings (SSSR count). The van der Waals surface area contributed by atoms with E-state index in [4.69, 9.17) is 0 Å². The summed E-state index contributed by atoms with van der Waals surface area (Å²) in [7, 11) is 0. The van der Waals surface area contributed by atoms with Crippen molar-refractivity contribution in [1.82, 2.24) is 0 Å². The molecular formula is C24H50NO+. The molecule has 0 amide bonds. The Balaban J connectivity index is 3.13. The van der Waals surface area contributed by atoms with E-state index >= 15 is 0 Å². The number of rotatable bonds is 22. The molecule has 0 unspecified atom stereocenters. The molecule has 0 spiro atoms. The minimum absolute atomic E-state index is 0.758. The highest BCUT2D eigenvalue weighted by molar-refractivity contribution is 4.48. The van der Waals surface area contributed by atoms with E-state index in [2.05, 4.69) is 13.8 Å². The molecule has 0 aromatic carbocycles. The van der Waals surface area contributed by atoms with Crippen LogP contribution in [0.25, 0.3) is 0 Å². The second kappa shape index (κ2) is 22.6. The Hall–Kier alpha value is -0.400. The number of nitrogens with zero attached hydrogens (tertiary/aromatic N) is 1. The van der Waals surface area contributed by atoms with Gasteiger partial charge in [-0.2, -0.15) is 0 Å². The van der Waals surface area contributed by atoms with Crippen molar-refractivity contribution >= 4 is 0 Å². The molecular weight excluding hydrogens is 318 g/mol. The lowest BCUT2D eigenvalue weighted by molar-refractivity contribution is -0.549. The van der Waals surface area contributed by atoms with Crippen LogP contribution >= 0.6 is 0 Å². The minimum Gasteiger partial charge on any atom is -0.0654 e. The van der Waals surface area contributed by atoms with Gasteiger partial charge in [0, 0.05) is 17.7 Å². The fraction of sp³-hybridized carbons (Fsp3) is 1.00. The van der Waals surface area contributed by atoms with Gasteiger partial charge in [-0.15, -0.1) is 0 Å². The third-order valence-corrected chi connectivity index (χ3v) is 5.52. The molecule has 0 atom stereocenters. The van der Waals surface area contributed by atoms with E-state index < -0.39 is 0 Å². The van der Waals surface area contributed by atoms with Gasteiger partial charge < -0.3 is 0 Å². The van der Waals surface area contributed by atoms with E-state index in [0.717, 1.165) is 25.9 Å². The average Bonchev–Trinajstić information content (AvgIpc) is 2.64. The zero-order chi connectivity index (χ0) is 19.1. The third-order valence-electron chi connectivity index (χ3n) is 5.52. The minimum atomic E-state index is 0.758. The van der Waals surface area contributed by atoms with Gasteiger partial charge >= 0.3 is 0 Å². The summed E-state index contributed by atoms with van der Waals surface area (Å²) in [6.07, 6.45) is 26.8. The fourth-order valence-electron chi connectivity index (χ4n) is 3.66. The van der Waals surface area contributed by atoms with E-state index in [9.17, 15) is 4.91 Å². The first kappa shape index (κ1) is 25.6. The van der Waals surface area contributed by atoms with Crippen LogP contribution in [0.5, 0.6) is 0 Å². The summed E-state index contributed by atoms with van der Waals surface area (Å²) in [6, 6.07) is 0. The molecule has 0 heterocycles. The molecule has 0 aliphatic heterocycles. The normalized spacial score (nSPS) is 11.2. The van der Waals surface area contributed by atoms with E-state index in [1.54, 1.807) is 0 Å². The van der Waals surface area contributed by atoms with Crippen molar-refractivity contribution in [3.63, 3.8) is 0 Å². The van der Waals surface area contributed by atoms with Crippen LogP contribution in [0.15, 0.2) is 0 Å². The van der Waals surface area contributed by atoms with Crippen molar-refractivity contribution in [2.75, 3.05) is 13.1 Å². The van der Waals surface area contributed by atoms with Gasteiger partial charge in [0.25, 0.3) is 0 Å². The molecule has 0 saturated heterocycles. The van der Waals surface area contributed by atoms with Crippen LogP contribution in [-0.2, 0) is 0 Å². The Kier molecular flexibility index (Phi) is 22.3. The lowest BCUT2D eigenvalue weighted by Gasteiger charge is -2.01. The number of hydrogen-bond acceptors (Lipinski definition) is 1. The van der Waals surface area contributed by atoms with Crippen LogP contribution in [0.2, 0.25) is 0 Å². The molecule has 156 valence electrons. The maximum Gasteiger partial charge on any atom is 0.192 e. The third kappa shape index (κ3) is 21.6. The standard InChI is InChI=1S/C24H50NO/c1-3-5-7-9-11-13-15-17-19-21-23-25(26)24-22-20-18-16-14-12-10-8-6-4-2/h3-24H2,1-2H3/q+1. The van der Waals surface area contributed by atoms with Gasteiger partial charge in [-0.25, -0.2) is 0 Å². The molecule has 2 heteroatoms. The van der Waals surface area contributed by atoms with Crippen molar-refractivity contribution < 1.29 is 4.76 Å². The molecule has 0 aliphatic carbocycles. The average molecular weight is 369 g/mol. The summed E-state index contributed by atoms with van der Waals surface area (Å²) in [5.41, 5.74) is 0. The molecule has 0 aromatic rings. The highest BCUT2D eigenvalue weighted by Crippen LogP contribution is 2.12. The molecule has 2 nitrogen and oxygen atoms in total. The van der Waals surface area contributed by atoms with Gasteiger partial charge in [0.1, 0.15) is 0 Å². The van der Waals surface area contributed by atoms with Crippen LogP contribution in [-0.4, -0.2) is 17.8 Å². The lowest BCUT2D eigenvalue weighted by atomic mass is 10.1. The van der Waals surface area contributed by atoms with Gasteiger partial charge in [0.15, 0.2) is 13.1 Å². The number of nitroso groups, excluding NO2 is 1. The summed E-state index contributed by atoms with van der Waals surface area (Å²) < 4.78 is 1.31. The first-order valence-electron chi connectivity index (χ1n) is 12.2. The molecule has 0 bridgehead atoms. The van der Waals surface area contributed by atoms with Gasteiger partial charge in [0.05, 0.1) is 0 Å². The van der Waals surface area contributed by atoms with Crippen molar-refractivity contribution in [3.8, 4) is 0 Å². The first-order valence-corrected chi connectivity index (χ1v) is 12.2. The van der Waals surface area contributed by atoms with Crippen molar-refractivity contribution in [2.45, 2.75) is 142 Å². The Morgan fingerprint density at radius 1 is 0.385 bits per heavy atom. The van der Waals surface area contributed by atoms with E-state index in [1.807, 2.05) is 0 Å². The topological polar surface area (TPSA) is 20.1 Å². The molecule has 0 aliphatic rings. The zero-order valence-electron chi connectivity index (χ0n) is 18.4. The summed E-state index contributed by atoms with van der Waals surface area (Å²) in [6.45, 7) is 6.06. The SMILES string of the molecule is CCCCCCCCCCCC[N+](=O)CCCCCCCCCCCC. The quantitative estimate of drug-likeness (QED) is 0.138. The predicted octanol–water partition coefficient (Wildman–Crippen LogP) is 8.61. The van der Waals surface area contributed by atoms with Gasteiger partial charge in [-0.05, 0) is 17.6 Å². The lowest BCUT2D eigenvalue weighted by Crippen LogP contribution is -2.11. The monoisotopic (exact) mass is 368 g/mol. The highest BCUT2D eigenvalue weighted by Gasteiger charge is 2.06. The summed E-state index contributed by atoms with van der Waals surface area (Å²) in [5, 5.41) is 0. The van der Waals surface area contributed by atoms with Crippen molar-refractivity contribution in [2.24, 2.45) is 0 Å². The summed E-state index contributed by atoms with van der Waals surface area (Å²) in [4.78, 5) is 11.8. The van der Waals surface area contributed by atoms with Crippen LogP contribution in [0.4, 0.5) is 0 Å². The Bertz CT molecular complexity index is 251. The second-order valence-electron chi connectivity index (χ2n) is 8.29. The molecule has 0 radical (unpaired) electrons. The van der Waals surface area contributed by atoms with Gasteiger partial charge in [-0.3, -0.25) is 0 Å². The fourth-order valence-corrected chi connectivity index (χ4v) is 3.66. The van der Waals surface area contributed by atoms with Gasteiger partial charge in [0.2, 0.25) is 0 Å². The second-order valence-corrected chi connectivity index (χ2v) is 8.29. The number of hydrogen-bond donors (Lipinski definition) is 0. The maximum atomic E-state index is 11.8. The Morgan fingerprint density at radius 3 is 0.885 bits per heavy atom. The van der Waals surface area contributed by atoms with Crippen LogP contribution in [0, 0.1) is 4.91 Å². The summed E-state index contributed by atoms with van der Waals surface area (Å²) >= 11 is 0. The molecule has 0 saturated carbocycles. The van der Waals surface area contributed by atoms with Crippen LogP contribution < -0.4 is 0 Å². The van der Waals surface area contributed by atoms with E-state index in [-0.39, 0.29) is 0 Å². The predicted molar refractivity (Wildman–Crippen MR) is 117 cm³/mol. The van der Waals surface area contributed by atoms with E-state index in [0.29, 0.717) is 0 Å². The maximum absolute atomic E-state index is 11.8. The van der Waals surface area contributed by atoms with Crippen LogP contribution in [0.3, 0.4) is 0 Å². The Morgan fingerprint density at radius 2 is 0.615 bits per heavy atom. The molecule has 0 fully saturated rings. The van der Waals surface area contributed by atoms with Crippen molar-refractivity contribution in [3.05, 3.63) is 4.91 Å². The molecule has 0 aromatic heterocycles. The first-order chi connectivity index (χ1) is 12.8. The summed E-state index contributed by atoms with van der Waals surface area (Å²) in [5.74, 6) is 0. The molecule has 0 N–H and O–H groups in total. The number of unbranched alkanes of at least 4 members (excludes halogenated alkanes) is 18. The molecule has 26 heavy (non-hydrogen) atoms. The van der Waals surface area contributed by atoms with Gasteiger partial charge in [-0.1, -0.05) is 117 Å². The van der Waals surface area contributed by atoms with Crippen LogP contribution in [0.1, 0.15) is 142 Å². The zero-order valence-corrected chi connectivity index (χ0v) is 18.4. The smallest absolute Gasteiger partial charge is 0.0654 e. The highest BCUT2D eigenvalue weighted by atomic mass is 16.3. The van der Waals surface area contributed by atoms with E-state index in [1.165, 1.54) is 120 Å². The largest absolute Gasteiger partial charge is 0.192 e. The van der Waals surface area contributed by atoms with Crippen molar-refractivity contribution in [1.29, 1.82) is 0 Å².